The minimum Gasteiger partial charge on any atom is -0.370 e. The molecule has 0 rings (SSSR count). The first-order valence-corrected chi connectivity index (χ1v) is 1.77. The Kier molecular flexibility index (Phi) is 2.69. The van der Waals surface area contributed by atoms with Gasteiger partial charge in [-0.05, 0) is 0 Å². The number of hydrogen-bond acceptors (Lipinski definition) is 2. The highest BCUT2D eigenvalue weighted by Gasteiger charge is 1.89. The highest BCUT2D eigenvalue weighted by molar-refractivity contribution is 5.75. The molecule has 3 nitrogen and oxygen atoms in total. The first kappa shape index (κ1) is 5.96. The molecule has 0 aliphatic carbocycles. The Hall–Kier alpha value is -1.04. The van der Waals surface area contributed by atoms with Crippen LogP contribution in [0.15, 0.2) is 0 Å². The van der Waals surface area contributed by atoms with Crippen LogP contribution in [0.3, 0.4) is 0 Å². The zero-order valence-corrected chi connectivity index (χ0v) is 3.72. The summed E-state index contributed by atoms with van der Waals surface area (Å²) in [5.74, 6) is -0.471. The molecule has 1 radical (unpaired) electrons. The lowest BCUT2D eigenvalue weighted by Gasteiger charge is -1.79. The number of carbonyl (C=O) groups excluding carboxylic acids is 1. The van der Waals surface area contributed by atoms with E-state index >= 15 is 0 Å². The number of nitrogens with zero attached hydrogens (tertiary/aromatic N) is 1. The minimum atomic E-state index is -0.471. The number of hydrogen-bond donors (Lipinski definition) is 1. The van der Waals surface area contributed by atoms with Crippen molar-refractivity contribution in [3.05, 3.63) is 6.42 Å². The van der Waals surface area contributed by atoms with Gasteiger partial charge in [-0.15, -0.1) is 0 Å². The summed E-state index contributed by atoms with van der Waals surface area (Å²) in [6.45, 7) is 0. The Morgan fingerprint density at radius 3 is 2.71 bits per heavy atom. The molecule has 0 atom stereocenters. The number of nitriles is 1. The van der Waals surface area contributed by atoms with Gasteiger partial charge in [-0.2, -0.15) is 5.26 Å². The maximum Gasteiger partial charge on any atom is 0.218 e. The van der Waals surface area contributed by atoms with Gasteiger partial charge in [0.1, 0.15) is 0 Å². The Labute approximate surface area is 41.7 Å². The molecule has 0 aliphatic heterocycles. The van der Waals surface area contributed by atoms with Crippen molar-refractivity contribution in [3.63, 3.8) is 0 Å². The quantitative estimate of drug-likeness (QED) is 0.509. The van der Waals surface area contributed by atoms with E-state index in [1.165, 1.54) is 0 Å². The molecule has 0 aromatic heterocycles. The molecule has 0 unspecified atom stereocenters. The second-order valence-corrected chi connectivity index (χ2v) is 1.00. The van der Waals surface area contributed by atoms with E-state index in [0.29, 0.717) is 0 Å². The fourth-order valence-electron chi connectivity index (χ4n) is 0.146. The summed E-state index contributed by atoms with van der Waals surface area (Å²) in [6, 6.07) is 1.67. The van der Waals surface area contributed by atoms with Gasteiger partial charge in [0.25, 0.3) is 0 Å². The molecule has 0 fully saturated rings. The number of nitrogens with two attached hydrogens (primary N) is 1. The molecule has 0 saturated heterocycles. The van der Waals surface area contributed by atoms with E-state index < -0.39 is 5.91 Å². The highest BCUT2D eigenvalue weighted by atomic mass is 16.1. The van der Waals surface area contributed by atoms with E-state index in [4.69, 9.17) is 5.26 Å². The van der Waals surface area contributed by atoms with Gasteiger partial charge < -0.3 is 5.73 Å². The van der Waals surface area contributed by atoms with Crippen molar-refractivity contribution in [1.82, 2.24) is 0 Å². The van der Waals surface area contributed by atoms with Crippen LogP contribution in [0.1, 0.15) is 6.42 Å². The van der Waals surface area contributed by atoms with Gasteiger partial charge in [-0.1, -0.05) is 0 Å². The molecule has 7 heavy (non-hydrogen) atoms. The number of amides is 1. The summed E-state index contributed by atoms with van der Waals surface area (Å²) in [4.78, 5) is 9.80. The molecule has 0 saturated carbocycles. The van der Waals surface area contributed by atoms with Crippen molar-refractivity contribution < 1.29 is 4.79 Å². The molecule has 0 aromatic rings. The summed E-state index contributed by atoms with van der Waals surface area (Å²) in [5.41, 5.74) is 4.66. The van der Waals surface area contributed by atoms with E-state index in [2.05, 4.69) is 5.73 Å². The van der Waals surface area contributed by atoms with Crippen LogP contribution < -0.4 is 5.73 Å². The largest absolute Gasteiger partial charge is 0.370 e. The van der Waals surface area contributed by atoms with Crippen LogP contribution in [0.25, 0.3) is 0 Å². The average Bonchev–Trinajstić information content (AvgIpc) is 1.61. The van der Waals surface area contributed by atoms with Crippen molar-refractivity contribution in [2.24, 2.45) is 5.73 Å². The predicted molar refractivity (Wildman–Crippen MR) is 23.7 cm³/mol. The molecular weight excluding hydrogens is 92.1 g/mol. The second kappa shape index (κ2) is 3.16. The summed E-state index contributed by atoms with van der Waals surface area (Å²) in [5, 5.41) is 7.80. The van der Waals surface area contributed by atoms with Crippen LogP contribution in [0.4, 0.5) is 0 Å². The third-order valence-electron chi connectivity index (χ3n) is 0.395. The Morgan fingerprint density at radius 2 is 2.57 bits per heavy atom. The van der Waals surface area contributed by atoms with Gasteiger partial charge >= 0.3 is 0 Å². The van der Waals surface area contributed by atoms with Crippen molar-refractivity contribution in [2.75, 3.05) is 0 Å². The lowest BCUT2D eigenvalue weighted by atomic mass is 10.3. The maximum atomic E-state index is 9.80. The zero-order chi connectivity index (χ0) is 5.70. The van der Waals surface area contributed by atoms with E-state index in [1.807, 2.05) is 0 Å². The zero-order valence-electron chi connectivity index (χ0n) is 3.72. The van der Waals surface area contributed by atoms with Crippen LogP contribution in [0.5, 0.6) is 0 Å². The maximum absolute atomic E-state index is 9.80. The van der Waals surface area contributed by atoms with Crippen LogP contribution in [0.2, 0.25) is 0 Å². The molecule has 0 heterocycles. The van der Waals surface area contributed by atoms with E-state index in [9.17, 15) is 4.79 Å². The standard InChI is InChI=1S/C4H5N2O/c5-3-1-2-4(6)7/h1H,2H2,(H2,6,7). The van der Waals surface area contributed by atoms with Gasteiger partial charge in [-0.25, -0.2) is 0 Å². The van der Waals surface area contributed by atoms with Gasteiger partial charge in [0.05, 0.1) is 12.5 Å². The van der Waals surface area contributed by atoms with Crippen LogP contribution >= 0.6 is 0 Å². The van der Waals surface area contributed by atoms with Crippen LogP contribution in [-0.2, 0) is 4.79 Å². The summed E-state index contributed by atoms with van der Waals surface area (Å²) in [6.07, 6.45) is 1.21. The number of carbonyl (C=O) groups is 1. The van der Waals surface area contributed by atoms with Crippen molar-refractivity contribution in [1.29, 1.82) is 5.26 Å². The first-order valence-electron chi connectivity index (χ1n) is 1.77. The summed E-state index contributed by atoms with van der Waals surface area (Å²) in [7, 11) is 0. The molecule has 2 N–H and O–H groups in total. The monoisotopic (exact) mass is 97.0 g/mol. The van der Waals surface area contributed by atoms with Gasteiger partial charge in [-0.3, -0.25) is 4.79 Å². The normalized spacial score (nSPS) is 7.29. The summed E-state index contributed by atoms with van der Waals surface area (Å²) < 4.78 is 0. The lowest BCUT2D eigenvalue weighted by molar-refractivity contribution is -0.117. The topological polar surface area (TPSA) is 66.9 Å². The van der Waals surface area contributed by atoms with Crippen molar-refractivity contribution in [2.45, 2.75) is 6.42 Å². The molecular formula is C4H5N2O. The Morgan fingerprint density at radius 1 is 2.00 bits per heavy atom. The fraction of sp³-hybridized carbons (Fsp3) is 0.250. The Balaban J connectivity index is 3.02. The van der Waals surface area contributed by atoms with Crippen LogP contribution in [0, 0.1) is 17.8 Å². The van der Waals surface area contributed by atoms with Crippen LogP contribution in [-0.4, -0.2) is 5.91 Å². The predicted octanol–water partition coefficient (Wildman–Crippen LogP) is -0.410. The van der Waals surface area contributed by atoms with Crippen molar-refractivity contribution in [3.8, 4) is 6.07 Å². The Bertz CT molecular complexity index is 103. The molecule has 0 bridgehead atoms. The van der Waals surface area contributed by atoms with E-state index in [-0.39, 0.29) is 6.42 Å². The van der Waals surface area contributed by atoms with Gasteiger partial charge in [0.2, 0.25) is 5.91 Å². The number of primary amides is 1. The number of rotatable bonds is 2. The highest BCUT2D eigenvalue weighted by Crippen LogP contribution is 1.78. The smallest absolute Gasteiger partial charge is 0.218 e. The SMILES string of the molecule is N#C[CH]CC(N)=O. The fourth-order valence-corrected chi connectivity index (χ4v) is 0.146. The molecule has 0 spiro atoms. The molecule has 1 amide bonds. The molecule has 37 valence electrons. The van der Waals surface area contributed by atoms with Gasteiger partial charge in [0, 0.05) is 6.42 Å². The third kappa shape index (κ3) is 4.96. The van der Waals surface area contributed by atoms with Gasteiger partial charge in [0.15, 0.2) is 0 Å². The summed E-state index contributed by atoms with van der Waals surface area (Å²) >= 11 is 0. The molecule has 0 aromatic carbocycles. The molecule has 0 aliphatic rings. The average molecular weight is 97.1 g/mol. The lowest BCUT2D eigenvalue weighted by Crippen LogP contribution is -2.09. The van der Waals surface area contributed by atoms with Crippen molar-refractivity contribution >= 4 is 5.91 Å². The third-order valence-corrected chi connectivity index (χ3v) is 0.395. The minimum absolute atomic E-state index is 0.0521. The first-order chi connectivity index (χ1) is 3.27. The van der Waals surface area contributed by atoms with E-state index in [1.54, 1.807) is 6.07 Å². The molecule has 3 heteroatoms. The van der Waals surface area contributed by atoms with E-state index in [0.717, 1.165) is 6.42 Å². The second-order valence-electron chi connectivity index (χ2n) is 1.00.